The maximum Gasteiger partial charge on any atom is 0.573 e. The van der Waals surface area contributed by atoms with E-state index in [0.29, 0.717) is 29.9 Å². The number of alkyl halides is 3. The van der Waals surface area contributed by atoms with Gasteiger partial charge >= 0.3 is 12.4 Å². The summed E-state index contributed by atoms with van der Waals surface area (Å²) in [5.74, 6) is 1.84. The fourth-order valence-corrected chi connectivity index (χ4v) is 6.37. The fourth-order valence-electron chi connectivity index (χ4n) is 5.42. The van der Waals surface area contributed by atoms with Gasteiger partial charge in [-0.15, -0.1) is 18.3 Å². The van der Waals surface area contributed by atoms with Crippen molar-refractivity contribution < 1.29 is 22.7 Å². The van der Waals surface area contributed by atoms with Crippen molar-refractivity contribution in [1.82, 2.24) is 20.1 Å². The van der Waals surface area contributed by atoms with Crippen LogP contribution in [0.25, 0.3) is 17.1 Å². The number of aliphatic imine (C=N–C) groups is 1. The van der Waals surface area contributed by atoms with Gasteiger partial charge in [0.05, 0.1) is 5.69 Å². The van der Waals surface area contributed by atoms with Gasteiger partial charge in [0.25, 0.3) is 0 Å². The normalized spacial score (nSPS) is 15.2. The van der Waals surface area contributed by atoms with E-state index in [0.717, 1.165) is 53.5 Å². The number of nitrogens with one attached hydrogen (secondary N) is 1. The second-order valence-electron chi connectivity index (χ2n) is 12.0. The number of halogens is 3. The highest BCUT2D eigenvalue weighted by atomic mass is 32.2. The van der Waals surface area contributed by atoms with E-state index in [2.05, 4.69) is 75.9 Å². The Balaban J connectivity index is 1.12. The number of anilines is 1. The summed E-state index contributed by atoms with van der Waals surface area (Å²) < 4.78 is 42.7. The topological polar surface area (TPSA) is 84.6 Å². The van der Waals surface area contributed by atoms with Crippen LogP contribution in [0.1, 0.15) is 56.2 Å². The van der Waals surface area contributed by atoms with Crippen molar-refractivity contribution in [1.29, 1.82) is 0 Å². The summed E-state index contributed by atoms with van der Waals surface area (Å²) in [5.41, 5.74) is 6.11. The highest BCUT2D eigenvalue weighted by molar-refractivity contribution is 8.14. The van der Waals surface area contributed by atoms with E-state index in [-0.39, 0.29) is 11.8 Å². The van der Waals surface area contributed by atoms with Gasteiger partial charge in [0, 0.05) is 30.1 Å². The number of hydrogen-bond acceptors (Lipinski definition) is 5. The van der Waals surface area contributed by atoms with Gasteiger partial charge in [0.2, 0.25) is 0 Å². The van der Waals surface area contributed by atoms with Crippen molar-refractivity contribution in [2.75, 3.05) is 23.7 Å². The second-order valence-corrected chi connectivity index (χ2v) is 13.1. The first kappa shape index (κ1) is 34.0. The molecule has 0 saturated carbocycles. The molecule has 4 aromatic rings. The Bertz CT molecular complexity index is 1690. The first-order chi connectivity index (χ1) is 22.4. The number of aryl methyl sites for hydroxylation is 1. The molecule has 1 N–H and O–H groups in total. The SMILES string of the molecule is Cc1ccc(C(C)C)c(N2CCCS/C2=N\C(=O)NCCC(C)Cc2ccc(-c3ncn(-c4ccc(OC(F)(F)F)cc4)n3)cc2)c1. The molecule has 2 heterocycles. The average molecular weight is 665 g/mol. The maximum absolute atomic E-state index is 12.8. The van der Waals surface area contributed by atoms with Crippen LogP contribution in [0, 0.1) is 12.8 Å². The Morgan fingerprint density at radius 3 is 2.51 bits per heavy atom. The molecule has 1 saturated heterocycles. The minimum atomic E-state index is -4.74. The van der Waals surface area contributed by atoms with Crippen molar-refractivity contribution in [2.24, 2.45) is 10.9 Å². The van der Waals surface area contributed by atoms with Crippen LogP contribution in [0.2, 0.25) is 0 Å². The summed E-state index contributed by atoms with van der Waals surface area (Å²) in [6.07, 6.45) is -0.540. The van der Waals surface area contributed by atoms with Crippen LogP contribution in [0.5, 0.6) is 5.75 Å². The zero-order valence-electron chi connectivity index (χ0n) is 26.9. The summed E-state index contributed by atoms with van der Waals surface area (Å²) in [6.45, 7) is 9.99. The van der Waals surface area contributed by atoms with Gasteiger partial charge in [-0.2, -0.15) is 4.99 Å². The highest BCUT2D eigenvalue weighted by Gasteiger charge is 2.31. The molecule has 47 heavy (non-hydrogen) atoms. The lowest BCUT2D eigenvalue weighted by Gasteiger charge is -2.32. The number of thioether (sulfide) groups is 1. The molecule has 5 rings (SSSR count). The molecule has 1 aliphatic rings. The lowest BCUT2D eigenvalue weighted by atomic mass is 9.97. The van der Waals surface area contributed by atoms with Crippen LogP contribution in [0.3, 0.4) is 0 Å². The molecule has 3 aromatic carbocycles. The number of nitrogens with zero attached hydrogens (tertiary/aromatic N) is 5. The van der Waals surface area contributed by atoms with Gasteiger partial charge in [-0.25, -0.2) is 14.5 Å². The van der Waals surface area contributed by atoms with E-state index in [1.54, 1.807) is 11.8 Å². The third-order valence-corrected chi connectivity index (χ3v) is 8.88. The third-order valence-electron chi connectivity index (χ3n) is 7.82. The number of carbonyl (C=O) groups excluding carboxylic acids is 1. The Hall–Kier alpha value is -4.32. The molecule has 8 nitrogen and oxygen atoms in total. The molecule has 0 bridgehead atoms. The summed E-state index contributed by atoms with van der Waals surface area (Å²) in [6, 6.07) is 19.6. The molecule has 1 aromatic heterocycles. The molecule has 12 heteroatoms. The molecule has 1 atom stereocenters. The van der Waals surface area contributed by atoms with Crippen LogP contribution in [-0.2, 0) is 6.42 Å². The first-order valence-electron chi connectivity index (χ1n) is 15.7. The number of hydrogen-bond donors (Lipinski definition) is 1. The molecule has 2 amide bonds. The maximum atomic E-state index is 12.8. The number of rotatable bonds is 10. The quantitative estimate of drug-likeness (QED) is 0.183. The number of carbonyl (C=O) groups is 1. The van der Waals surface area contributed by atoms with Crippen molar-refractivity contribution in [3.05, 3.63) is 89.7 Å². The second kappa shape index (κ2) is 15.1. The molecule has 0 radical (unpaired) electrons. The minimum absolute atomic E-state index is 0.299. The minimum Gasteiger partial charge on any atom is -0.406 e. The summed E-state index contributed by atoms with van der Waals surface area (Å²) in [7, 11) is 0. The molecule has 0 spiro atoms. The van der Waals surface area contributed by atoms with E-state index in [9.17, 15) is 18.0 Å². The van der Waals surface area contributed by atoms with Gasteiger partial charge < -0.3 is 15.0 Å². The highest BCUT2D eigenvalue weighted by Crippen LogP contribution is 2.33. The molecule has 1 aliphatic heterocycles. The first-order valence-corrected chi connectivity index (χ1v) is 16.7. The predicted molar refractivity (Wildman–Crippen MR) is 181 cm³/mol. The van der Waals surface area contributed by atoms with Crippen LogP contribution in [0.15, 0.2) is 78.0 Å². The van der Waals surface area contributed by atoms with Gasteiger partial charge in [-0.3, -0.25) is 0 Å². The molecule has 1 fully saturated rings. The van der Waals surface area contributed by atoms with E-state index in [4.69, 9.17) is 0 Å². The van der Waals surface area contributed by atoms with Crippen molar-refractivity contribution in [3.63, 3.8) is 0 Å². The number of benzene rings is 3. The number of amides is 2. The van der Waals surface area contributed by atoms with E-state index < -0.39 is 6.36 Å². The Morgan fingerprint density at radius 2 is 1.81 bits per heavy atom. The van der Waals surface area contributed by atoms with E-state index >= 15 is 0 Å². The molecule has 1 unspecified atom stereocenters. The third kappa shape index (κ3) is 9.37. The predicted octanol–water partition coefficient (Wildman–Crippen LogP) is 8.54. The fraction of sp³-hybridized carbons (Fsp3) is 0.371. The Kier molecular flexibility index (Phi) is 10.9. The van der Waals surface area contributed by atoms with Gasteiger partial charge in [-0.1, -0.05) is 68.9 Å². The number of ether oxygens (including phenoxy) is 1. The van der Waals surface area contributed by atoms with Gasteiger partial charge in [0.15, 0.2) is 11.0 Å². The van der Waals surface area contributed by atoms with E-state index in [1.165, 1.54) is 46.4 Å². The zero-order chi connectivity index (χ0) is 33.6. The largest absolute Gasteiger partial charge is 0.573 e. The zero-order valence-corrected chi connectivity index (χ0v) is 27.7. The standard InChI is InChI=1S/C35H39F3N6O2S/c1-23(2)30-15-6-24(3)21-31(30)43-18-5-19-47-34(43)41-33(45)39-17-16-25(4)20-26-7-9-27(10-8-26)32-40-22-44(42-32)28-11-13-29(14-12-28)46-35(36,37)38/h6-15,21-23,25H,5,16-20H2,1-4H3,(H,39,45)/b41-34-. The number of urea groups is 1. The average Bonchev–Trinajstić information content (AvgIpc) is 3.51. The van der Waals surface area contributed by atoms with Crippen LogP contribution < -0.4 is 15.0 Å². The number of aromatic nitrogens is 3. The van der Waals surface area contributed by atoms with Crippen LogP contribution in [-0.4, -0.2) is 51.2 Å². The van der Waals surface area contributed by atoms with Crippen LogP contribution in [0.4, 0.5) is 23.7 Å². The van der Waals surface area contributed by atoms with Crippen molar-refractivity contribution >= 4 is 28.6 Å². The smallest absolute Gasteiger partial charge is 0.406 e. The van der Waals surface area contributed by atoms with Crippen molar-refractivity contribution in [3.8, 4) is 22.8 Å². The Morgan fingerprint density at radius 1 is 1.06 bits per heavy atom. The monoisotopic (exact) mass is 664 g/mol. The molecule has 248 valence electrons. The molecular formula is C35H39F3N6O2S. The number of amidine groups is 1. The van der Waals surface area contributed by atoms with E-state index in [1.807, 2.05) is 24.3 Å². The molecular weight excluding hydrogens is 625 g/mol. The Labute approximate surface area is 277 Å². The van der Waals surface area contributed by atoms with Crippen molar-refractivity contribution in [2.45, 2.75) is 59.2 Å². The van der Waals surface area contributed by atoms with Gasteiger partial charge in [-0.05, 0) is 85.0 Å². The summed E-state index contributed by atoms with van der Waals surface area (Å²) >= 11 is 1.63. The summed E-state index contributed by atoms with van der Waals surface area (Å²) in [4.78, 5) is 23.9. The lowest BCUT2D eigenvalue weighted by molar-refractivity contribution is -0.274. The van der Waals surface area contributed by atoms with Gasteiger partial charge in [0.1, 0.15) is 12.1 Å². The molecule has 0 aliphatic carbocycles. The summed E-state index contributed by atoms with van der Waals surface area (Å²) in [5, 5.41) is 8.21. The lowest BCUT2D eigenvalue weighted by Crippen LogP contribution is -2.36. The van der Waals surface area contributed by atoms with Crippen LogP contribution >= 0.6 is 11.8 Å².